The average Bonchev–Trinajstić information content (AvgIpc) is 3.15. The molecule has 4 nitrogen and oxygen atoms in total. The summed E-state index contributed by atoms with van der Waals surface area (Å²) >= 11 is 0. The van der Waals surface area contributed by atoms with Crippen molar-refractivity contribution in [1.29, 1.82) is 0 Å². The standard InChI is InChI=1S/C30H37N3O/c1-20(2)25-9-7-21(8-10-25)19-33-27-6-4-3-5-26(27)32-28(33)11-12-31-29(34)30-16-22-13-23(17-30)15-24(14-22)18-30/h3-10,20,22-24H,11-19H2,1-2H3,(H,31,34). The largest absolute Gasteiger partial charge is 0.355 e. The fourth-order valence-corrected chi connectivity index (χ4v) is 7.55. The van der Waals surface area contributed by atoms with Crippen LogP contribution in [0, 0.1) is 23.2 Å². The Labute approximate surface area is 203 Å². The molecule has 4 fully saturated rings. The van der Waals surface area contributed by atoms with E-state index in [-0.39, 0.29) is 5.41 Å². The molecule has 4 aliphatic carbocycles. The van der Waals surface area contributed by atoms with Gasteiger partial charge >= 0.3 is 0 Å². The zero-order chi connectivity index (χ0) is 23.3. The maximum atomic E-state index is 13.4. The topological polar surface area (TPSA) is 46.9 Å². The SMILES string of the molecule is CC(C)c1ccc(Cn2c(CCNC(=O)C34CC5CC(CC(C5)C3)C4)nc3ccccc32)cc1. The number of carbonyl (C=O) groups is 1. The highest BCUT2D eigenvalue weighted by Crippen LogP contribution is 2.60. The van der Waals surface area contributed by atoms with Gasteiger partial charge in [0.25, 0.3) is 0 Å². The number of para-hydroxylation sites is 2. The molecular formula is C30H37N3O. The van der Waals surface area contributed by atoms with Crippen LogP contribution >= 0.6 is 0 Å². The summed E-state index contributed by atoms with van der Waals surface area (Å²) in [5, 5.41) is 3.35. The van der Waals surface area contributed by atoms with Crippen molar-refractivity contribution in [2.45, 2.75) is 71.3 Å². The molecule has 0 unspecified atom stereocenters. The zero-order valence-corrected chi connectivity index (χ0v) is 20.6. The van der Waals surface area contributed by atoms with E-state index in [0.717, 1.165) is 66.8 Å². The fourth-order valence-electron chi connectivity index (χ4n) is 7.55. The van der Waals surface area contributed by atoms with Crippen LogP contribution in [0.25, 0.3) is 11.0 Å². The predicted molar refractivity (Wildman–Crippen MR) is 137 cm³/mol. The maximum absolute atomic E-state index is 13.4. The van der Waals surface area contributed by atoms with Crippen LogP contribution < -0.4 is 5.32 Å². The van der Waals surface area contributed by atoms with Gasteiger partial charge in [0.2, 0.25) is 5.91 Å². The predicted octanol–water partition coefficient (Wildman–Crippen LogP) is 6.08. The maximum Gasteiger partial charge on any atom is 0.226 e. The molecule has 0 atom stereocenters. The Bertz CT molecular complexity index is 1150. The molecule has 34 heavy (non-hydrogen) atoms. The summed E-state index contributed by atoms with van der Waals surface area (Å²) in [6, 6.07) is 17.3. The van der Waals surface area contributed by atoms with Crippen molar-refractivity contribution >= 4 is 16.9 Å². The molecule has 2 aromatic carbocycles. The number of imidazole rings is 1. The first-order valence-corrected chi connectivity index (χ1v) is 13.3. The van der Waals surface area contributed by atoms with Crippen molar-refractivity contribution in [3.05, 3.63) is 65.5 Å². The highest BCUT2D eigenvalue weighted by Gasteiger charge is 2.54. The number of hydrogen-bond acceptors (Lipinski definition) is 2. The number of hydrogen-bond donors (Lipinski definition) is 1. The molecule has 4 saturated carbocycles. The second kappa shape index (κ2) is 8.55. The number of nitrogens with one attached hydrogen (secondary N) is 1. The van der Waals surface area contributed by atoms with Crippen molar-refractivity contribution in [3.8, 4) is 0 Å². The number of rotatable bonds is 7. The van der Waals surface area contributed by atoms with Gasteiger partial charge in [0.15, 0.2) is 0 Å². The highest BCUT2D eigenvalue weighted by molar-refractivity contribution is 5.83. The van der Waals surface area contributed by atoms with Gasteiger partial charge in [-0.2, -0.15) is 0 Å². The van der Waals surface area contributed by atoms with Crippen molar-refractivity contribution in [1.82, 2.24) is 14.9 Å². The summed E-state index contributed by atoms with van der Waals surface area (Å²) < 4.78 is 2.33. The second-order valence-corrected chi connectivity index (χ2v) is 11.7. The van der Waals surface area contributed by atoms with Gasteiger partial charge in [0, 0.05) is 24.9 Å². The first kappa shape index (κ1) is 21.9. The Morgan fingerprint density at radius 3 is 2.29 bits per heavy atom. The molecule has 0 saturated heterocycles. The fraction of sp³-hybridized carbons (Fsp3) is 0.533. The van der Waals surface area contributed by atoms with E-state index in [4.69, 9.17) is 4.98 Å². The number of aromatic nitrogens is 2. The number of fused-ring (bicyclic) bond motifs is 1. The normalized spacial score (nSPS) is 27.6. The summed E-state index contributed by atoms with van der Waals surface area (Å²) in [5.41, 5.74) is 4.77. The molecule has 0 spiro atoms. The lowest BCUT2D eigenvalue weighted by Gasteiger charge is -2.55. The van der Waals surface area contributed by atoms with Crippen molar-refractivity contribution < 1.29 is 4.79 Å². The van der Waals surface area contributed by atoms with E-state index in [2.05, 4.69) is 72.3 Å². The molecule has 4 bridgehead atoms. The third-order valence-corrected chi connectivity index (χ3v) is 8.87. The van der Waals surface area contributed by atoms with Gasteiger partial charge in [-0.15, -0.1) is 0 Å². The lowest BCUT2D eigenvalue weighted by molar-refractivity contribution is -0.146. The summed E-state index contributed by atoms with van der Waals surface area (Å²) in [7, 11) is 0. The Kier molecular flexibility index (Phi) is 5.50. The second-order valence-electron chi connectivity index (χ2n) is 11.7. The van der Waals surface area contributed by atoms with Crippen LogP contribution in [0.15, 0.2) is 48.5 Å². The molecule has 1 aromatic heterocycles. The van der Waals surface area contributed by atoms with Crippen LogP contribution in [-0.2, 0) is 17.8 Å². The first-order chi connectivity index (χ1) is 16.5. The molecule has 0 aliphatic heterocycles. The van der Waals surface area contributed by atoms with Gasteiger partial charge in [-0.05, 0) is 85.5 Å². The van der Waals surface area contributed by atoms with Gasteiger partial charge in [0.05, 0.1) is 11.0 Å². The number of amides is 1. The van der Waals surface area contributed by atoms with Crippen LogP contribution in [0.4, 0.5) is 0 Å². The summed E-state index contributed by atoms with van der Waals surface area (Å²) in [6.45, 7) is 5.93. The van der Waals surface area contributed by atoms with E-state index >= 15 is 0 Å². The molecule has 178 valence electrons. The smallest absolute Gasteiger partial charge is 0.226 e. The van der Waals surface area contributed by atoms with Crippen molar-refractivity contribution in [2.24, 2.45) is 23.2 Å². The molecule has 1 amide bonds. The van der Waals surface area contributed by atoms with Gasteiger partial charge in [-0.25, -0.2) is 4.98 Å². The third kappa shape index (κ3) is 3.95. The van der Waals surface area contributed by atoms with Gasteiger partial charge in [-0.3, -0.25) is 4.79 Å². The average molecular weight is 456 g/mol. The van der Waals surface area contributed by atoms with Crippen molar-refractivity contribution in [3.63, 3.8) is 0 Å². The molecule has 3 aromatic rings. The number of nitrogens with zero attached hydrogens (tertiary/aromatic N) is 2. The Morgan fingerprint density at radius 2 is 1.65 bits per heavy atom. The van der Waals surface area contributed by atoms with E-state index in [1.807, 2.05) is 0 Å². The Balaban J connectivity index is 1.17. The van der Waals surface area contributed by atoms with Crippen LogP contribution in [-0.4, -0.2) is 22.0 Å². The van der Waals surface area contributed by atoms with Crippen LogP contribution in [0.2, 0.25) is 0 Å². The minimum atomic E-state index is -0.0763. The van der Waals surface area contributed by atoms with Crippen LogP contribution in [0.1, 0.15) is 75.2 Å². The lowest BCUT2D eigenvalue weighted by atomic mass is 9.49. The van der Waals surface area contributed by atoms with E-state index in [0.29, 0.717) is 18.4 Å². The molecule has 1 heterocycles. The van der Waals surface area contributed by atoms with E-state index in [9.17, 15) is 4.79 Å². The first-order valence-electron chi connectivity index (χ1n) is 13.3. The molecule has 4 aliphatic rings. The van der Waals surface area contributed by atoms with Crippen LogP contribution in [0.5, 0.6) is 0 Å². The monoisotopic (exact) mass is 455 g/mol. The number of benzene rings is 2. The van der Waals surface area contributed by atoms with Gasteiger partial charge < -0.3 is 9.88 Å². The summed E-state index contributed by atoms with van der Waals surface area (Å²) in [4.78, 5) is 18.3. The quantitative estimate of drug-likeness (QED) is 0.469. The molecule has 1 N–H and O–H groups in total. The highest BCUT2D eigenvalue weighted by atomic mass is 16.2. The summed E-state index contributed by atoms with van der Waals surface area (Å²) in [6.07, 6.45) is 8.23. The molecule has 4 heteroatoms. The minimum absolute atomic E-state index is 0.0763. The van der Waals surface area contributed by atoms with E-state index in [1.54, 1.807) is 0 Å². The zero-order valence-electron chi connectivity index (χ0n) is 20.6. The van der Waals surface area contributed by atoms with Crippen molar-refractivity contribution in [2.75, 3.05) is 6.54 Å². The third-order valence-electron chi connectivity index (χ3n) is 8.87. The Morgan fingerprint density at radius 1 is 1.00 bits per heavy atom. The Hall–Kier alpha value is -2.62. The van der Waals surface area contributed by atoms with Gasteiger partial charge in [-0.1, -0.05) is 50.2 Å². The minimum Gasteiger partial charge on any atom is -0.355 e. The number of carbonyl (C=O) groups excluding carboxylic acids is 1. The van der Waals surface area contributed by atoms with E-state index < -0.39 is 0 Å². The molecule has 7 rings (SSSR count). The summed E-state index contributed by atoms with van der Waals surface area (Å²) in [5.74, 6) is 4.30. The van der Waals surface area contributed by atoms with Gasteiger partial charge in [0.1, 0.15) is 5.82 Å². The molecular weight excluding hydrogens is 418 g/mol. The van der Waals surface area contributed by atoms with E-state index in [1.165, 1.54) is 30.4 Å². The van der Waals surface area contributed by atoms with Crippen LogP contribution in [0.3, 0.4) is 0 Å². The lowest BCUT2D eigenvalue weighted by Crippen LogP contribution is -2.53. The molecule has 0 radical (unpaired) electrons.